The first kappa shape index (κ1) is 9.00. The molecular formula is C9H14N2O. The second kappa shape index (κ2) is 3.54. The lowest BCUT2D eigenvalue weighted by atomic mass is 10.1. The smallest absolute Gasteiger partial charge is 0.217 e. The van der Waals surface area contributed by atoms with Crippen LogP contribution >= 0.6 is 0 Å². The molecule has 1 aromatic rings. The number of aromatic nitrogens is 1. The lowest BCUT2D eigenvalue weighted by Gasteiger charge is -2.10. The molecule has 1 atom stereocenters. The van der Waals surface area contributed by atoms with Gasteiger partial charge in [0, 0.05) is 17.8 Å². The van der Waals surface area contributed by atoms with Crippen LogP contribution in [0.4, 0.5) is 0 Å². The van der Waals surface area contributed by atoms with Crippen LogP contribution in [-0.2, 0) is 0 Å². The zero-order chi connectivity index (χ0) is 9.14. The Labute approximate surface area is 72.6 Å². The minimum absolute atomic E-state index is 0.0349. The molecule has 0 spiro atoms. The maximum absolute atomic E-state index is 5.74. The lowest BCUT2D eigenvalue weighted by molar-refractivity contribution is 0.389. The number of ether oxygens (including phenoxy) is 1. The summed E-state index contributed by atoms with van der Waals surface area (Å²) in [4.78, 5) is 4.12. The van der Waals surface area contributed by atoms with Crippen LogP contribution in [0.2, 0.25) is 0 Å². The topological polar surface area (TPSA) is 48.1 Å². The van der Waals surface area contributed by atoms with Gasteiger partial charge >= 0.3 is 0 Å². The van der Waals surface area contributed by atoms with Gasteiger partial charge in [-0.2, -0.15) is 0 Å². The zero-order valence-electron chi connectivity index (χ0n) is 7.66. The molecule has 66 valence electrons. The van der Waals surface area contributed by atoms with E-state index in [4.69, 9.17) is 10.5 Å². The van der Waals surface area contributed by atoms with E-state index < -0.39 is 0 Å². The summed E-state index contributed by atoms with van der Waals surface area (Å²) in [6.07, 6.45) is 1.77. The van der Waals surface area contributed by atoms with Gasteiger partial charge in [0.05, 0.1) is 7.11 Å². The minimum atomic E-state index is -0.0349. The van der Waals surface area contributed by atoms with Gasteiger partial charge in [-0.15, -0.1) is 0 Å². The van der Waals surface area contributed by atoms with Crippen molar-refractivity contribution in [3.05, 3.63) is 23.4 Å². The Bertz CT molecular complexity index is 271. The summed E-state index contributed by atoms with van der Waals surface area (Å²) < 4.78 is 5.07. The average molecular weight is 166 g/mol. The van der Waals surface area contributed by atoms with Gasteiger partial charge in [0.15, 0.2) is 0 Å². The number of hydrogen-bond acceptors (Lipinski definition) is 3. The molecule has 3 nitrogen and oxygen atoms in total. The summed E-state index contributed by atoms with van der Waals surface area (Å²) in [6.45, 7) is 3.90. The standard InChI is InChI=1S/C9H14N2O/c1-6-4-8(7(2)10)9(12-3)11-5-6/h4-5,7H,10H2,1-3H3/t7-/m1/s1. The highest BCUT2D eigenvalue weighted by Gasteiger charge is 2.07. The molecule has 0 aliphatic heterocycles. The molecule has 1 aromatic heterocycles. The van der Waals surface area contributed by atoms with Crippen molar-refractivity contribution in [3.63, 3.8) is 0 Å². The zero-order valence-corrected chi connectivity index (χ0v) is 7.66. The maximum Gasteiger partial charge on any atom is 0.217 e. The Hall–Kier alpha value is -1.09. The normalized spacial score (nSPS) is 12.7. The fourth-order valence-corrected chi connectivity index (χ4v) is 1.08. The summed E-state index contributed by atoms with van der Waals surface area (Å²) in [7, 11) is 1.60. The predicted molar refractivity (Wildman–Crippen MR) is 48.1 cm³/mol. The van der Waals surface area contributed by atoms with Gasteiger partial charge in [-0.05, 0) is 25.5 Å². The van der Waals surface area contributed by atoms with Crippen molar-refractivity contribution in [1.82, 2.24) is 4.98 Å². The van der Waals surface area contributed by atoms with Crippen LogP contribution < -0.4 is 10.5 Å². The second-order valence-electron chi connectivity index (χ2n) is 2.90. The second-order valence-corrected chi connectivity index (χ2v) is 2.90. The van der Waals surface area contributed by atoms with E-state index >= 15 is 0 Å². The third-order valence-electron chi connectivity index (χ3n) is 1.70. The third kappa shape index (κ3) is 1.74. The van der Waals surface area contributed by atoms with Gasteiger partial charge < -0.3 is 10.5 Å². The first-order valence-corrected chi connectivity index (χ1v) is 3.91. The summed E-state index contributed by atoms with van der Waals surface area (Å²) in [5.74, 6) is 0.621. The van der Waals surface area contributed by atoms with Crippen LogP contribution in [0.15, 0.2) is 12.3 Å². The molecule has 0 saturated heterocycles. The molecule has 0 aromatic carbocycles. The summed E-state index contributed by atoms with van der Waals surface area (Å²) in [6, 6.07) is 1.96. The SMILES string of the molecule is COc1ncc(C)cc1[C@@H](C)N. The van der Waals surface area contributed by atoms with Gasteiger partial charge in [0.2, 0.25) is 5.88 Å². The largest absolute Gasteiger partial charge is 0.481 e. The quantitative estimate of drug-likeness (QED) is 0.722. The van der Waals surface area contributed by atoms with E-state index in [-0.39, 0.29) is 6.04 Å². The molecule has 0 saturated carbocycles. The van der Waals surface area contributed by atoms with Crippen molar-refractivity contribution in [1.29, 1.82) is 0 Å². The first-order chi connectivity index (χ1) is 5.65. The Balaban J connectivity index is 3.12. The van der Waals surface area contributed by atoms with Gasteiger partial charge in [0.1, 0.15) is 0 Å². The molecule has 0 fully saturated rings. The molecule has 3 heteroatoms. The highest BCUT2D eigenvalue weighted by Crippen LogP contribution is 2.21. The van der Waals surface area contributed by atoms with E-state index in [0.29, 0.717) is 5.88 Å². The molecule has 2 N–H and O–H groups in total. The Kier molecular flexibility index (Phi) is 2.65. The van der Waals surface area contributed by atoms with E-state index in [0.717, 1.165) is 11.1 Å². The van der Waals surface area contributed by atoms with Gasteiger partial charge in [0.25, 0.3) is 0 Å². The minimum Gasteiger partial charge on any atom is -0.481 e. The molecule has 0 amide bonds. The van der Waals surface area contributed by atoms with Gasteiger partial charge in [-0.3, -0.25) is 0 Å². The van der Waals surface area contributed by atoms with Gasteiger partial charge in [-0.25, -0.2) is 4.98 Å². The van der Waals surface area contributed by atoms with Crippen LogP contribution in [0.5, 0.6) is 5.88 Å². The van der Waals surface area contributed by atoms with E-state index in [1.807, 2.05) is 19.9 Å². The highest BCUT2D eigenvalue weighted by molar-refractivity contribution is 5.31. The van der Waals surface area contributed by atoms with Crippen molar-refractivity contribution >= 4 is 0 Å². The molecule has 1 heterocycles. The summed E-state index contributed by atoms with van der Waals surface area (Å²) in [5, 5.41) is 0. The third-order valence-corrected chi connectivity index (χ3v) is 1.70. The lowest BCUT2D eigenvalue weighted by Crippen LogP contribution is -2.08. The van der Waals surface area contributed by atoms with Crippen molar-refractivity contribution < 1.29 is 4.74 Å². The molecule has 1 rings (SSSR count). The molecule has 0 aliphatic rings. The Morgan fingerprint density at radius 3 is 2.75 bits per heavy atom. The number of aryl methyl sites for hydroxylation is 1. The van der Waals surface area contributed by atoms with E-state index in [9.17, 15) is 0 Å². The van der Waals surface area contributed by atoms with Crippen LogP contribution in [-0.4, -0.2) is 12.1 Å². The van der Waals surface area contributed by atoms with Crippen molar-refractivity contribution in [2.45, 2.75) is 19.9 Å². The fourth-order valence-electron chi connectivity index (χ4n) is 1.08. The van der Waals surface area contributed by atoms with Crippen molar-refractivity contribution in [2.75, 3.05) is 7.11 Å². The molecule has 0 bridgehead atoms. The number of hydrogen-bond donors (Lipinski definition) is 1. The fraction of sp³-hybridized carbons (Fsp3) is 0.444. The van der Waals surface area contributed by atoms with Crippen molar-refractivity contribution in [3.8, 4) is 5.88 Å². The van der Waals surface area contributed by atoms with Gasteiger partial charge in [-0.1, -0.05) is 0 Å². The molecule has 0 radical (unpaired) electrons. The molecular weight excluding hydrogens is 152 g/mol. The summed E-state index contributed by atoms with van der Waals surface area (Å²) in [5.41, 5.74) is 7.80. The number of rotatable bonds is 2. The monoisotopic (exact) mass is 166 g/mol. The number of methoxy groups -OCH3 is 1. The summed E-state index contributed by atoms with van der Waals surface area (Å²) >= 11 is 0. The maximum atomic E-state index is 5.74. The van der Waals surface area contributed by atoms with Crippen LogP contribution in [0.1, 0.15) is 24.1 Å². The predicted octanol–water partition coefficient (Wildman–Crippen LogP) is 1.42. The van der Waals surface area contributed by atoms with Crippen LogP contribution in [0, 0.1) is 6.92 Å². The molecule has 0 unspecified atom stereocenters. The van der Waals surface area contributed by atoms with Crippen LogP contribution in [0.25, 0.3) is 0 Å². The van der Waals surface area contributed by atoms with Crippen LogP contribution in [0.3, 0.4) is 0 Å². The molecule has 12 heavy (non-hydrogen) atoms. The molecule has 0 aliphatic carbocycles. The number of pyridine rings is 1. The number of nitrogens with zero attached hydrogens (tertiary/aromatic N) is 1. The number of nitrogens with two attached hydrogens (primary N) is 1. The van der Waals surface area contributed by atoms with E-state index in [1.165, 1.54) is 0 Å². The van der Waals surface area contributed by atoms with E-state index in [2.05, 4.69) is 4.98 Å². The Morgan fingerprint density at radius 1 is 1.58 bits per heavy atom. The highest BCUT2D eigenvalue weighted by atomic mass is 16.5. The Morgan fingerprint density at radius 2 is 2.25 bits per heavy atom. The average Bonchev–Trinajstić information content (AvgIpc) is 2.04. The van der Waals surface area contributed by atoms with Crippen molar-refractivity contribution in [2.24, 2.45) is 5.73 Å². The first-order valence-electron chi connectivity index (χ1n) is 3.91. The van der Waals surface area contributed by atoms with E-state index in [1.54, 1.807) is 13.3 Å².